The Balaban J connectivity index is 2.89. The first kappa shape index (κ1) is 9.43. The Morgan fingerprint density at radius 2 is 2.18 bits per heavy atom. The molecule has 0 atom stereocenters. The van der Waals surface area contributed by atoms with Crippen molar-refractivity contribution in [2.45, 2.75) is 11.8 Å². The van der Waals surface area contributed by atoms with Crippen molar-refractivity contribution in [3.05, 3.63) is 27.7 Å². The zero-order valence-electron chi connectivity index (χ0n) is 6.10. The van der Waals surface area contributed by atoms with Crippen LogP contribution in [0.15, 0.2) is 27.6 Å². The fourth-order valence-corrected chi connectivity index (χ4v) is 2.61. The van der Waals surface area contributed by atoms with Crippen LogP contribution in [-0.2, 0) is 0 Å². The molecule has 1 aromatic rings. The molecule has 0 heterocycles. The molecular formula is C8H8BrClS. The molecule has 0 radical (unpaired) electrons. The van der Waals surface area contributed by atoms with Gasteiger partial charge in [-0.3, -0.25) is 0 Å². The minimum Gasteiger partial charge on any atom is -0.126 e. The second-order valence-corrected chi connectivity index (χ2v) is 4.73. The quantitative estimate of drug-likeness (QED) is 0.710. The van der Waals surface area contributed by atoms with Crippen LogP contribution in [0.5, 0.6) is 0 Å². The van der Waals surface area contributed by atoms with Gasteiger partial charge in [0.25, 0.3) is 0 Å². The molecule has 60 valence electrons. The van der Waals surface area contributed by atoms with Gasteiger partial charge in [-0.25, -0.2) is 0 Å². The highest BCUT2D eigenvalue weighted by atomic mass is 79.9. The molecule has 0 saturated heterocycles. The van der Waals surface area contributed by atoms with E-state index in [1.807, 2.05) is 12.1 Å². The molecule has 1 rings (SSSR count). The lowest BCUT2D eigenvalue weighted by molar-refractivity contribution is 1.41. The first-order valence-corrected chi connectivity index (χ1v) is 5.47. The molecule has 0 aliphatic rings. The maximum absolute atomic E-state index is 5.84. The second-order valence-electron chi connectivity index (χ2n) is 2.04. The molecule has 0 saturated carbocycles. The summed E-state index contributed by atoms with van der Waals surface area (Å²) in [5.41, 5.74) is 0. The Bertz CT molecular complexity index is 230. The Kier molecular flexibility index (Phi) is 3.76. The Morgan fingerprint density at radius 3 is 2.73 bits per heavy atom. The lowest BCUT2D eigenvalue weighted by atomic mass is 10.4. The smallest absolute Gasteiger partial charge is 0.0428 e. The summed E-state index contributed by atoms with van der Waals surface area (Å²) in [6.45, 7) is 2.12. The maximum Gasteiger partial charge on any atom is 0.0428 e. The summed E-state index contributed by atoms with van der Waals surface area (Å²) in [5, 5.41) is 0.787. The van der Waals surface area contributed by atoms with E-state index in [1.165, 1.54) is 4.90 Å². The summed E-state index contributed by atoms with van der Waals surface area (Å²) in [7, 11) is 0. The van der Waals surface area contributed by atoms with Crippen molar-refractivity contribution in [2.75, 3.05) is 5.75 Å². The number of halogens is 2. The van der Waals surface area contributed by atoms with Crippen LogP contribution >= 0.6 is 39.3 Å². The number of hydrogen-bond acceptors (Lipinski definition) is 1. The summed E-state index contributed by atoms with van der Waals surface area (Å²) in [6.07, 6.45) is 0. The summed E-state index contributed by atoms with van der Waals surface area (Å²) < 4.78 is 1.04. The zero-order valence-corrected chi connectivity index (χ0v) is 9.26. The van der Waals surface area contributed by atoms with Crippen LogP contribution in [0.1, 0.15) is 6.92 Å². The SMILES string of the molecule is CCSc1cc(Cl)cc(Br)c1. The summed E-state index contributed by atoms with van der Waals surface area (Å²) in [4.78, 5) is 1.21. The monoisotopic (exact) mass is 250 g/mol. The third-order valence-electron chi connectivity index (χ3n) is 1.15. The van der Waals surface area contributed by atoms with Gasteiger partial charge in [0.1, 0.15) is 0 Å². The molecule has 0 unspecified atom stereocenters. The van der Waals surface area contributed by atoms with Crippen molar-refractivity contribution < 1.29 is 0 Å². The molecule has 0 nitrogen and oxygen atoms in total. The van der Waals surface area contributed by atoms with Crippen LogP contribution in [0.3, 0.4) is 0 Å². The molecule has 0 aliphatic carbocycles. The van der Waals surface area contributed by atoms with Gasteiger partial charge in [0, 0.05) is 14.4 Å². The second kappa shape index (κ2) is 4.39. The van der Waals surface area contributed by atoms with E-state index >= 15 is 0 Å². The third-order valence-corrected chi connectivity index (χ3v) is 2.68. The van der Waals surface area contributed by atoms with Gasteiger partial charge in [0.15, 0.2) is 0 Å². The first-order valence-electron chi connectivity index (χ1n) is 3.31. The average Bonchev–Trinajstić information content (AvgIpc) is 1.85. The van der Waals surface area contributed by atoms with Crippen LogP contribution in [0.25, 0.3) is 0 Å². The maximum atomic E-state index is 5.84. The summed E-state index contributed by atoms with van der Waals surface area (Å²) in [5.74, 6) is 1.08. The fraction of sp³-hybridized carbons (Fsp3) is 0.250. The fourth-order valence-electron chi connectivity index (χ4n) is 0.779. The lowest BCUT2D eigenvalue weighted by Gasteiger charge is -1.99. The molecule has 3 heteroatoms. The average molecular weight is 252 g/mol. The van der Waals surface area contributed by atoms with Crippen molar-refractivity contribution in [3.8, 4) is 0 Å². The first-order chi connectivity index (χ1) is 5.22. The van der Waals surface area contributed by atoms with Gasteiger partial charge in [0.05, 0.1) is 0 Å². The van der Waals surface area contributed by atoms with Gasteiger partial charge >= 0.3 is 0 Å². The van der Waals surface area contributed by atoms with E-state index in [2.05, 4.69) is 28.9 Å². The molecule has 0 fully saturated rings. The highest BCUT2D eigenvalue weighted by molar-refractivity contribution is 9.10. The molecule has 0 amide bonds. The molecule has 0 N–H and O–H groups in total. The van der Waals surface area contributed by atoms with Crippen molar-refractivity contribution >= 4 is 39.3 Å². The van der Waals surface area contributed by atoms with E-state index in [9.17, 15) is 0 Å². The van der Waals surface area contributed by atoms with Gasteiger partial charge in [-0.2, -0.15) is 0 Å². The van der Waals surface area contributed by atoms with Crippen LogP contribution in [0, 0.1) is 0 Å². The van der Waals surface area contributed by atoms with Crippen LogP contribution in [0.4, 0.5) is 0 Å². The van der Waals surface area contributed by atoms with E-state index in [1.54, 1.807) is 11.8 Å². The molecular weight excluding hydrogens is 244 g/mol. The topological polar surface area (TPSA) is 0 Å². The Morgan fingerprint density at radius 1 is 1.45 bits per heavy atom. The summed E-state index contributed by atoms with van der Waals surface area (Å²) in [6, 6.07) is 5.93. The highest BCUT2D eigenvalue weighted by Gasteiger charge is 1.96. The minimum atomic E-state index is 0.787. The van der Waals surface area contributed by atoms with Gasteiger partial charge in [-0.05, 0) is 24.0 Å². The largest absolute Gasteiger partial charge is 0.126 e. The molecule has 11 heavy (non-hydrogen) atoms. The number of hydrogen-bond donors (Lipinski definition) is 0. The molecule has 0 spiro atoms. The minimum absolute atomic E-state index is 0.787. The van der Waals surface area contributed by atoms with Gasteiger partial charge in [0.2, 0.25) is 0 Å². The predicted molar refractivity (Wildman–Crippen MR) is 55.6 cm³/mol. The van der Waals surface area contributed by atoms with Crippen LogP contribution in [-0.4, -0.2) is 5.75 Å². The summed E-state index contributed by atoms with van der Waals surface area (Å²) >= 11 is 11.0. The van der Waals surface area contributed by atoms with E-state index in [-0.39, 0.29) is 0 Å². The van der Waals surface area contributed by atoms with E-state index in [0.717, 1.165) is 15.2 Å². The van der Waals surface area contributed by atoms with E-state index in [0.29, 0.717) is 0 Å². The lowest BCUT2D eigenvalue weighted by Crippen LogP contribution is -1.73. The van der Waals surface area contributed by atoms with Crippen LogP contribution in [0.2, 0.25) is 5.02 Å². The van der Waals surface area contributed by atoms with Gasteiger partial charge in [-0.1, -0.05) is 34.5 Å². The van der Waals surface area contributed by atoms with Crippen molar-refractivity contribution in [3.63, 3.8) is 0 Å². The molecule has 1 aromatic carbocycles. The van der Waals surface area contributed by atoms with E-state index < -0.39 is 0 Å². The Labute approximate surface area is 84.5 Å². The number of benzene rings is 1. The zero-order chi connectivity index (χ0) is 8.27. The number of thioether (sulfide) groups is 1. The number of rotatable bonds is 2. The van der Waals surface area contributed by atoms with Crippen molar-refractivity contribution in [2.24, 2.45) is 0 Å². The Hall–Kier alpha value is 0.340. The third kappa shape index (κ3) is 3.06. The van der Waals surface area contributed by atoms with Crippen LogP contribution < -0.4 is 0 Å². The standard InChI is InChI=1S/C8H8BrClS/c1-2-11-8-4-6(9)3-7(10)5-8/h3-5H,2H2,1H3. The molecule has 0 bridgehead atoms. The van der Waals surface area contributed by atoms with Crippen molar-refractivity contribution in [1.82, 2.24) is 0 Å². The normalized spacial score (nSPS) is 10.1. The predicted octanol–water partition coefficient (Wildman–Crippen LogP) is 4.21. The highest BCUT2D eigenvalue weighted by Crippen LogP contribution is 2.26. The molecule has 0 aliphatic heterocycles. The molecule has 0 aromatic heterocycles. The van der Waals surface area contributed by atoms with Gasteiger partial charge in [-0.15, -0.1) is 11.8 Å². The van der Waals surface area contributed by atoms with Crippen molar-refractivity contribution in [1.29, 1.82) is 0 Å². The van der Waals surface area contributed by atoms with E-state index in [4.69, 9.17) is 11.6 Å². The van der Waals surface area contributed by atoms with Gasteiger partial charge < -0.3 is 0 Å².